The van der Waals surface area contributed by atoms with Crippen LogP contribution in [0.5, 0.6) is 0 Å². The Hall–Kier alpha value is -4.03. The predicted octanol–water partition coefficient (Wildman–Crippen LogP) is 1.02. The van der Waals surface area contributed by atoms with Gasteiger partial charge in [0.15, 0.2) is 0 Å². The fraction of sp³-hybridized carbons (Fsp3) is 0.182. The summed E-state index contributed by atoms with van der Waals surface area (Å²) in [6.45, 7) is 1.25. The van der Waals surface area contributed by atoms with E-state index in [4.69, 9.17) is 15.7 Å². The molecule has 34 heavy (non-hydrogen) atoms. The third kappa shape index (κ3) is 6.27. The van der Waals surface area contributed by atoms with Crippen molar-refractivity contribution in [2.45, 2.75) is 24.3 Å². The second-order valence-corrected chi connectivity index (χ2v) is 9.19. The number of carbonyl (C=O) groups excluding carboxylic acids is 1. The third-order valence-corrected chi connectivity index (χ3v) is 6.25. The lowest BCUT2D eigenvalue weighted by Crippen LogP contribution is -2.48. The standard InChI is InChI=1S/C22H23N5O6S/c1-13-3-2-4-17(9-13)34(31,32)27-19(22(29)30)12-25-20(28)11-16-10-18(26-33-16)14-5-7-15(8-6-14)21(23)24/h2-10,19,27H,11-12H2,1H3,(H3,23,24)(H,25,28)(H,29,30)/t19-/m0/s1. The van der Waals surface area contributed by atoms with Gasteiger partial charge >= 0.3 is 5.97 Å². The van der Waals surface area contributed by atoms with E-state index < -0.39 is 34.5 Å². The summed E-state index contributed by atoms with van der Waals surface area (Å²) in [4.78, 5) is 23.7. The van der Waals surface area contributed by atoms with E-state index in [2.05, 4.69) is 15.2 Å². The molecular weight excluding hydrogens is 462 g/mol. The number of benzene rings is 2. The molecular formula is C22H23N5O6S. The number of rotatable bonds is 10. The van der Waals surface area contributed by atoms with Crippen LogP contribution in [0.2, 0.25) is 0 Å². The van der Waals surface area contributed by atoms with Crippen LogP contribution < -0.4 is 15.8 Å². The number of hydrogen-bond donors (Lipinski definition) is 5. The smallest absolute Gasteiger partial charge is 0.323 e. The fourth-order valence-corrected chi connectivity index (χ4v) is 4.30. The van der Waals surface area contributed by atoms with Crippen molar-refractivity contribution in [2.24, 2.45) is 5.73 Å². The largest absolute Gasteiger partial charge is 0.480 e. The van der Waals surface area contributed by atoms with Gasteiger partial charge < -0.3 is 20.7 Å². The lowest BCUT2D eigenvalue weighted by molar-refractivity contribution is -0.138. The number of carboxylic acid groups (broad SMARTS) is 1. The zero-order valence-electron chi connectivity index (χ0n) is 18.1. The van der Waals surface area contributed by atoms with Crippen molar-refractivity contribution in [3.8, 4) is 11.3 Å². The number of aryl methyl sites for hydroxylation is 1. The van der Waals surface area contributed by atoms with Crippen molar-refractivity contribution < 1.29 is 27.6 Å². The van der Waals surface area contributed by atoms with Gasteiger partial charge in [-0.2, -0.15) is 4.72 Å². The van der Waals surface area contributed by atoms with Crippen molar-refractivity contribution >= 4 is 27.7 Å². The van der Waals surface area contributed by atoms with Crippen LogP contribution in [-0.4, -0.2) is 49.0 Å². The van der Waals surface area contributed by atoms with E-state index >= 15 is 0 Å². The molecule has 1 aromatic heterocycles. The summed E-state index contributed by atoms with van der Waals surface area (Å²) in [5.41, 5.74) is 7.84. The van der Waals surface area contributed by atoms with Crippen LogP contribution in [0, 0.1) is 12.3 Å². The van der Waals surface area contributed by atoms with Crippen LogP contribution in [0.25, 0.3) is 11.3 Å². The topological polar surface area (TPSA) is 188 Å². The minimum Gasteiger partial charge on any atom is -0.480 e. The molecule has 1 heterocycles. The van der Waals surface area contributed by atoms with Crippen LogP contribution in [0.1, 0.15) is 16.9 Å². The minimum absolute atomic E-state index is 0.0649. The highest BCUT2D eigenvalue weighted by molar-refractivity contribution is 7.89. The number of sulfonamides is 1. The molecule has 0 fully saturated rings. The summed E-state index contributed by atoms with van der Waals surface area (Å²) in [6.07, 6.45) is -0.227. The van der Waals surface area contributed by atoms with Gasteiger partial charge in [0, 0.05) is 23.7 Å². The molecule has 1 atom stereocenters. The van der Waals surface area contributed by atoms with Crippen molar-refractivity contribution in [2.75, 3.05) is 6.54 Å². The predicted molar refractivity (Wildman–Crippen MR) is 123 cm³/mol. The second kappa shape index (κ2) is 10.3. The maximum atomic E-state index is 12.5. The number of nitrogens with two attached hydrogens (primary N) is 1. The molecule has 0 spiro atoms. The van der Waals surface area contributed by atoms with E-state index in [-0.39, 0.29) is 22.9 Å². The Labute approximate surface area is 195 Å². The van der Waals surface area contributed by atoms with Crippen LogP contribution in [-0.2, 0) is 26.0 Å². The van der Waals surface area contributed by atoms with Crippen LogP contribution in [0.15, 0.2) is 64.0 Å². The summed E-state index contributed by atoms with van der Waals surface area (Å²) < 4.78 is 32.3. The first-order valence-electron chi connectivity index (χ1n) is 10.0. The van der Waals surface area contributed by atoms with E-state index in [1.54, 1.807) is 49.4 Å². The van der Waals surface area contributed by atoms with Gasteiger partial charge in [0.2, 0.25) is 15.9 Å². The molecule has 1 amide bonds. The number of amidine groups is 1. The monoisotopic (exact) mass is 485 g/mol. The van der Waals surface area contributed by atoms with Crippen LogP contribution >= 0.6 is 0 Å². The number of aliphatic carboxylic acids is 1. The van der Waals surface area contributed by atoms with Crippen molar-refractivity contribution in [1.82, 2.24) is 15.2 Å². The number of carbonyl (C=O) groups is 2. The Balaban J connectivity index is 1.60. The zero-order valence-corrected chi connectivity index (χ0v) is 18.9. The Bertz CT molecular complexity index is 1320. The van der Waals surface area contributed by atoms with Crippen LogP contribution in [0.4, 0.5) is 0 Å². The van der Waals surface area contributed by atoms with Gasteiger partial charge in [0.05, 0.1) is 11.3 Å². The molecule has 0 bridgehead atoms. The van der Waals surface area contributed by atoms with Crippen molar-refractivity contribution in [3.63, 3.8) is 0 Å². The highest BCUT2D eigenvalue weighted by Gasteiger charge is 2.26. The number of nitrogens with zero attached hydrogens (tertiary/aromatic N) is 1. The number of nitrogen functional groups attached to an aromatic ring is 1. The average Bonchev–Trinajstić information content (AvgIpc) is 3.25. The molecule has 12 heteroatoms. The summed E-state index contributed by atoms with van der Waals surface area (Å²) >= 11 is 0. The maximum absolute atomic E-state index is 12.5. The van der Waals surface area contributed by atoms with Gasteiger partial charge in [-0.25, -0.2) is 8.42 Å². The number of amides is 1. The highest BCUT2D eigenvalue weighted by atomic mass is 32.2. The van der Waals surface area contributed by atoms with Gasteiger partial charge in [-0.3, -0.25) is 15.0 Å². The van der Waals surface area contributed by atoms with E-state index in [1.165, 1.54) is 12.1 Å². The van der Waals surface area contributed by atoms with Gasteiger partial charge in [0.25, 0.3) is 0 Å². The number of hydrogen-bond acceptors (Lipinski definition) is 7. The van der Waals surface area contributed by atoms with Gasteiger partial charge in [0.1, 0.15) is 23.3 Å². The fourth-order valence-electron chi connectivity index (χ4n) is 3.01. The lowest BCUT2D eigenvalue weighted by Gasteiger charge is -2.15. The molecule has 178 valence electrons. The molecule has 2 aromatic carbocycles. The van der Waals surface area contributed by atoms with Gasteiger partial charge in [-0.15, -0.1) is 0 Å². The average molecular weight is 486 g/mol. The Morgan fingerprint density at radius 2 is 1.88 bits per heavy atom. The number of nitrogens with one attached hydrogen (secondary N) is 3. The molecule has 0 saturated carbocycles. The first-order chi connectivity index (χ1) is 16.0. The Morgan fingerprint density at radius 1 is 1.18 bits per heavy atom. The molecule has 11 nitrogen and oxygen atoms in total. The van der Waals surface area contributed by atoms with Gasteiger partial charge in [-0.05, 0) is 24.6 Å². The lowest BCUT2D eigenvalue weighted by atomic mass is 10.1. The maximum Gasteiger partial charge on any atom is 0.323 e. The van der Waals surface area contributed by atoms with Crippen LogP contribution in [0.3, 0.4) is 0 Å². The SMILES string of the molecule is Cc1cccc(S(=O)(=O)N[C@@H](CNC(=O)Cc2cc(-c3ccc(C(=N)N)cc3)no2)C(=O)O)c1. The first kappa shape index (κ1) is 24.6. The van der Waals surface area contributed by atoms with Crippen molar-refractivity contribution in [3.05, 3.63) is 71.5 Å². The summed E-state index contributed by atoms with van der Waals surface area (Å²) in [5.74, 6) is -1.84. The zero-order chi connectivity index (χ0) is 24.9. The highest BCUT2D eigenvalue weighted by Crippen LogP contribution is 2.20. The van der Waals surface area contributed by atoms with E-state index in [0.717, 1.165) is 0 Å². The summed E-state index contributed by atoms with van der Waals surface area (Å²) in [7, 11) is -4.10. The Kier molecular flexibility index (Phi) is 7.44. The summed E-state index contributed by atoms with van der Waals surface area (Å²) in [6, 6.07) is 12.7. The third-order valence-electron chi connectivity index (χ3n) is 4.78. The molecule has 0 aliphatic heterocycles. The molecule has 3 rings (SSSR count). The van der Waals surface area contributed by atoms with E-state index in [9.17, 15) is 23.1 Å². The molecule has 6 N–H and O–H groups in total. The van der Waals surface area contributed by atoms with E-state index in [1.807, 2.05) is 0 Å². The second-order valence-electron chi connectivity index (χ2n) is 7.48. The summed E-state index contributed by atoms with van der Waals surface area (Å²) in [5, 5.41) is 23.1. The number of aromatic nitrogens is 1. The molecule has 0 aliphatic rings. The molecule has 0 unspecified atom stereocenters. The molecule has 0 radical (unpaired) electrons. The van der Waals surface area contributed by atoms with E-state index in [0.29, 0.717) is 22.4 Å². The minimum atomic E-state index is -4.10. The number of carboxylic acids is 1. The molecule has 3 aromatic rings. The molecule has 0 saturated heterocycles. The quantitative estimate of drug-likeness (QED) is 0.208. The van der Waals surface area contributed by atoms with Crippen molar-refractivity contribution in [1.29, 1.82) is 5.41 Å². The molecule has 0 aliphatic carbocycles. The normalized spacial score (nSPS) is 12.1. The van der Waals surface area contributed by atoms with Gasteiger partial charge in [-0.1, -0.05) is 41.6 Å². The first-order valence-corrected chi connectivity index (χ1v) is 11.5. The Morgan fingerprint density at radius 3 is 2.50 bits per heavy atom.